The fraction of sp³-hybridized carbons (Fsp3) is 0.0800. The number of anilines is 1. The number of nitrogens with zero attached hydrogens (tertiary/aromatic N) is 1. The topological polar surface area (TPSA) is 99.4 Å². The van der Waals surface area contributed by atoms with Crippen LogP contribution in [0.5, 0.6) is 5.75 Å². The molecule has 0 radical (unpaired) electrons. The van der Waals surface area contributed by atoms with Crippen LogP contribution in [0.25, 0.3) is 6.08 Å². The van der Waals surface area contributed by atoms with E-state index >= 15 is 0 Å². The lowest BCUT2D eigenvalue weighted by molar-refractivity contribution is -0.112. The standard InChI is InChI=1S/C25H18BrClN2O4/c1-15-3-2-4-20(9-15)29-24(30)19(13-28)10-17-11-21(26)23(22(27)12-17)33-14-16-5-7-18(8-6-16)25(31)32/h2-12H,14H2,1H3,(H,29,30)(H,31,32)/b19-10-. The third kappa shape index (κ3) is 6.45. The van der Waals surface area contributed by atoms with E-state index in [0.717, 1.165) is 11.1 Å². The Morgan fingerprint density at radius 2 is 1.91 bits per heavy atom. The van der Waals surface area contributed by atoms with E-state index in [4.69, 9.17) is 21.4 Å². The minimum absolute atomic E-state index is 0.0772. The van der Waals surface area contributed by atoms with Gasteiger partial charge < -0.3 is 15.2 Å². The maximum atomic E-state index is 12.5. The number of rotatable bonds is 7. The third-order valence-corrected chi connectivity index (χ3v) is 5.43. The lowest BCUT2D eigenvalue weighted by atomic mass is 10.1. The van der Waals surface area contributed by atoms with E-state index in [1.165, 1.54) is 18.2 Å². The average Bonchev–Trinajstić information content (AvgIpc) is 2.77. The summed E-state index contributed by atoms with van der Waals surface area (Å²) in [6.07, 6.45) is 1.44. The van der Waals surface area contributed by atoms with Gasteiger partial charge in [0.1, 0.15) is 18.2 Å². The molecule has 2 N–H and O–H groups in total. The van der Waals surface area contributed by atoms with E-state index in [0.29, 0.717) is 21.5 Å². The number of nitriles is 1. The Morgan fingerprint density at radius 3 is 2.52 bits per heavy atom. The van der Waals surface area contributed by atoms with Gasteiger partial charge in [0, 0.05) is 5.69 Å². The number of carboxylic acids is 1. The van der Waals surface area contributed by atoms with Gasteiger partial charge in [-0.1, -0.05) is 35.9 Å². The van der Waals surface area contributed by atoms with Crippen molar-refractivity contribution in [3.63, 3.8) is 0 Å². The predicted octanol–water partition coefficient (Wildman–Crippen LogP) is 6.23. The Kier molecular flexibility index (Phi) is 7.88. The number of amides is 1. The van der Waals surface area contributed by atoms with E-state index in [9.17, 15) is 14.9 Å². The molecule has 3 aromatic rings. The van der Waals surface area contributed by atoms with Crippen LogP contribution >= 0.6 is 27.5 Å². The molecular formula is C25H18BrClN2O4. The van der Waals surface area contributed by atoms with E-state index < -0.39 is 11.9 Å². The minimum Gasteiger partial charge on any atom is -0.486 e. The summed E-state index contributed by atoms with van der Waals surface area (Å²) in [5.74, 6) is -1.14. The highest BCUT2D eigenvalue weighted by Gasteiger charge is 2.13. The zero-order chi connectivity index (χ0) is 24.0. The molecule has 0 fully saturated rings. The first-order valence-corrected chi connectivity index (χ1v) is 10.9. The first-order valence-electron chi connectivity index (χ1n) is 9.70. The van der Waals surface area contributed by atoms with Gasteiger partial charge in [-0.15, -0.1) is 0 Å². The zero-order valence-electron chi connectivity index (χ0n) is 17.4. The fourth-order valence-corrected chi connectivity index (χ4v) is 3.93. The molecule has 0 aliphatic rings. The van der Waals surface area contributed by atoms with Crippen molar-refractivity contribution >= 4 is 51.2 Å². The number of aromatic carboxylic acids is 1. The summed E-state index contributed by atoms with van der Waals surface area (Å²) < 4.78 is 6.33. The van der Waals surface area contributed by atoms with Crippen LogP contribution < -0.4 is 10.1 Å². The SMILES string of the molecule is Cc1cccc(NC(=O)/C(C#N)=C\c2cc(Cl)c(OCc3ccc(C(=O)O)cc3)c(Br)c2)c1. The highest BCUT2D eigenvalue weighted by atomic mass is 79.9. The van der Waals surface area contributed by atoms with Gasteiger partial charge in [-0.25, -0.2) is 4.79 Å². The van der Waals surface area contributed by atoms with Crippen LogP contribution in [0.4, 0.5) is 5.69 Å². The van der Waals surface area contributed by atoms with E-state index in [1.54, 1.807) is 30.3 Å². The fourth-order valence-electron chi connectivity index (χ4n) is 2.94. The second-order valence-corrected chi connectivity index (χ2v) is 8.36. The molecule has 0 atom stereocenters. The van der Waals surface area contributed by atoms with Crippen molar-refractivity contribution in [1.82, 2.24) is 0 Å². The van der Waals surface area contributed by atoms with E-state index in [1.807, 2.05) is 31.2 Å². The Balaban J connectivity index is 1.75. The summed E-state index contributed by atoms with van der Waals surface area (Å²) in [6.45, 7) is 2.08. The molecule has 0 aliphatic heterocycles. The molecule has 0 unspecified atom stereocenters. The van der Waals surface area contributed by atoms with Gasteiger partial charge in [0.25, 0.3) is 5.91 Å². The van der Waals surface area contributed by atoms with Crippen LogP contribution in [0.2, 0.25) is 5.02 Å². The number of ether oxygens (including phenoxy) is 1. The number of halogens is 2. The van der Waals surface area contributed by atoms with Crippen molar-refractivity contribution in [2.24, 2.45) is 0 Å². The minimum atomic E-state index is -0.999. The molecule has 166 valence electrons. The monoisotopic (exact) mass is 524 g/mol. The molecule has 8 heteroatoms. The lowest BCUT2D eigenvalue weighted by Gasteiger charge is -2.12. The number of hydrogen-bond acceptors (Lipinski definition) is 4. The molecule has 3 rings (SSSR count). The lowest BCUT2D eigenvalue weighted by Crippen LogP contribution is -2.13. The van der Waals surface area contributed by atoms with Crippen LogP contribution in [0.3, 0.4) is 0 Å². The predicted molar refractivity (Wildman–Crippen MR) is 130 cm³/mol. The summed E-state index contributed by atoms with van der Waals surface area (Å²) in [5, 5.41) is 21.4. The maximum Gasteiger partial charge on any atom is 0.335 e. The molecular weight excluding hydrogens is 508 g/mol. The molecule has 0 bridgehead atoms. The summed E-state index contributed by atoms with van der Waals surface area (Å²) >= 11 is 9.79. The molecule has 1 amide bonds. The molecule has 0 saturated carbocycles. The second-order valence-electron chi connectivity index (χ2n) is 7.10. The summed E-state index contributed by atoms with van der Waals surface area (Å²) in [7, 11) is 0. The summed E-state index contributed by atoms with van der Waals surface area (Å²) in [5.41, 5.74) is 3.01. The molecule has 3 aromatic carbocycles. The van der Waals surface area contributed by atoms with Gasteiger partial charge in [0.15, 0.2) is 5.75 Å². The summed E-state index contributed by atoms with van der Waals surface area (Å²) in [4.78, 5) is 23.5. The number of carboxylic acid groups (broad SMARTS) is 1. The number of nitrogens with one attached hydrogen (secondary N) is 1. The normalized spacial score (nSPS) is 10.9. The molecule has 33 heavy (non-hydrogen) atoms. The van der Waals surface area contributed by atoms with Crippen molar-refractivity contribution in [2.45, 2.75) is 13.5 Å². The van der Waals surface area contributed by atoms with Crippen LogP contribution in [0, 0.1) is 18.3 Å². The van der Waals surface area contributed by atoms with E-state index in [-0.39, 0.29) is 22.8 Å². The van der Waals surface area contributed by atoms with Gasteiger partial charge in [-0.05, 0) is 82.0 Å². The molecule has 6 nitrogen and oxygen atoms in total. The number of hydrogen-bond donors (Lipinski definition) is 2. The third-order valence-electron chi connectivity index (χ3n) is 4.56. The van der Waals surface area contributed by atoms with Gasteiger partial charge in [0.05, 0.1) is 15.1 Å². The number of aryl methyl sites for hydroxylation is 1. The maximum absolute atomic E-state index is 12.5. The van der Waals surface area contributed by atoms with Gasteiger partial charge in [0.2, 0.25) is 0 Å². The Hall–Kier alpha value is -3.60. The quantitative estimate of drug-likeness (QED) is 0.281. The zero-order valence-corrected chi connectivity index (χ0v) is 19.8. The van der Waals surface area contributed by atoms with E-state index in [2.05, 4.69) is 21.2 Å². The Morgan fingerprint density at radius 1 is 1.18 bits per heavy atom. The van der Waals surface area contributed by atoms with Crippen molar-refractivity contribution in [1.29, 1.82) is 5.26 Å². The number of carbonyl (C=O) groups is 2. The summed E-state index contributed by atoms with van der Waals surface area (Å²) in [6, 6.07) is 18.8. The van der Waals surface area contributed by atoms with Gasteiger partial charge in [-0.3, -0.25) is 4.79 Å². The van der Waals surface area contributed by atoms with Crippen LogP contribution in [-0.2, 0) is 11.4 Å². The van der Waals surface area contributed by atoms with Crippen molar-refractivity contribution in [2.75, 3.05) is 5.32 Å². The van der Waals surface area contributed by atoms with Gasteiger partial charge >= 0.3 is 5.97 Å². The number of benzene rings is 3. The average molecular weight is 526 g/mol. The van der Waals surface area contributed by atoms with Crippen LogP contribution in [0.15, 0.2) is 70.7 Å². The highest BCUT2D eigenvalue weighted by molar-refractivity contribution is 9.10. The second kappa shape index (κ2) is 10.8. The molecule has 0 spiro atoms. The van der Waals surface area contributed by atoms with Crippen molar-refractivity contribution in [3.05, 3.63) is 98.0 Å². The Bertz CT molecular complexity index is 1260. The molecule has 0 aromatic heterocycles. The van der Waals surface area contributed by atoms with Crippen molar-refractivity contribution in [3.8, 4) is 11.8 Å². The van der Waals surface area contributed by atoms with Gasteiger partial charge in [-0.2, -0.15) is 5.26 Å². The molecule has 0 heterocycles. The van der Waals surface area contributed by atoms with Crippen LogP contribution in [-0.4, -0.2) is 17.0 Å². The molecule has 0 aliphatic carbocycles. The molecule has 0 saturated heterocycles. The smallest absolute Gasteiger partial charge is 0.335 e. The largest absolute Gasteiger partial charge is 0.486 e. The number of carbonyl (C=O) groups excluding carboxylic acids is 1. The van der Waals surface area contributed by atoms with Crippen molar-refractivity contribution < 1.29 is 19.4 Å². The first-order chi connectivity index (χ1) is 15.8. The first kappa shape index (κ1) is 24.1. The highest BCUT2D eigenvalue weighted by Crippen LogP contribution is 2.35. The van der Waals surface area contributed by atoms with Crippen LogP contribution in [0.1, 0.15) is 27.0 Å². The Labute approximate surface area is 204 Å².